The SMILES string of the molecule is CN(C)C(=O)COc1ccccc1C(=O)N1CCC(N2CCNCC2)C1. The average molecular weight is 360 g/mol. The third-order valence-corrected chi connectivity index (χ3v) is 5.09. The van der Waals surface area contributed by atoms with Gasteiger partial charge in [-0.3, -0.25) is 14.5 Å². The van der Waals surface area contributed by atoms with E-state index in [9.17, 15) is 9.59 Å². The summed E-state index contributed by atoms with van der Waals surface area (Å²) < 4.78 is 5.63. The first-order chi connectivity index (χ1) is 12.6. The molecule has 2 aliphatic rings. The number of piperazine rings is 1. The number of likely N-dealkylation sites (tertiary alicyclic amines) is 1. The van der Waals surface area contributed by atoms with Crippen LogP contribution in [-0.2, 0) is 4.79 Å². The Morgan fingerprint density at radius 1 is 1.19 bits per heavy atom. The molecule has 2 fully saturated rings. The Morgan fingerprint density at radius 2 is 1.92 bits per heavy atom. The summed E-state index contributed by atoms with van der Waals surface area (Å²) in [5.41, 5.74) is 0.528. The van der Waals surface area contributed by atoms with Crippen LogP contribution in [0.5, 0.6) is 5.75 Å². The zero-order valence-corrected chi connectivity index (χ0v) is 15.6. The van der Waals surface area contributed by atoms with E-state index >= 15 is 0 Å². The lowest BCUT2D eigenvalue weighted by molar-refractivity contribution is -0.130. The van der Waals surface area contributed by atoms with Gasteiger partial charge in [0.25, 0.3) is 11.8 Å². The van der Waals surface area contributed by atoms with Gasteiger partial charge in [0.2, 0.25) is 0 Å². The quantitative estimate of drug-likeness (QED) is 0.817. The van der Waals surface area contributed by atoms with Crippen LogP contribution in [0.1, 0.15) is 16.8 Å². The Morgan fingerprint density at radius 3 is 2.65 bits per heavy atom. The largest absolute Gasteiger partial charge is 0.483 e. The van der Waals surface area contributed by atoms with Gasteiger partial charge >= 0.3 is 0 Å². The fraction of sp³-hybridized carbons (Fsp3) is 0.579. The van der Waals surface area contributed by atoms with Crippen molar-refractivity contribution in [3.05, 3.63) is 29.8 Å². The topological polar surface area (TPSA) is 65.1 Å². The van der Waals surface area contributed by atoms with E-state index in [1.807, 2.05) is 17.0 Å². The van der Waals surface area contributed by atoms with Crippen molar-refractivity contribution < 1.29 is 14.3 Å². The van der Waals surface area contributed by atoms with E-state index in [0.29, 0.717) is 17.4 Å². The van der Waals surface area contributed by atoms with Crippen LogP contribution in [0.3, 0.4) is 0 Å². The molecule has 142 valence electrons. The van der Waals surface area contributed by atoms with Gasteiger partial charge in [0.15, 0.2) is 6.61 Å². The standard InChI is InChI=1S/C19H28N4O3/c1-21(2)18(24)14-26-17-6-4-3-5-16(17)19(25)23-10-7-15(13-23)22-11-8-20-9-12-22/h3-6,15,20H,7-14H2,1-2H3. The van der Waals surface area contributed by atoms with Gasteiger partial charge < -0.3 is 19.9 Å². The number of para-hydroxylation sites is 1. The summed E-state index contributed by atoms with van der Waals surface area (Å²) in [6.45, 7) is 5.56. The van der Waals surface area contributed by atoms with Gasteiger partial charge in [0, 0.05) is 59.4 Å². The molecular weight excluding hydrogens is 332 g/mol. The number of benzene rings is 1. The number of amides is 2. The molecule has 0 spiro atoms. The van der Waals surface area contributed by atoms with E-state index in [4.69, 9.17) is 4.74 Å². The third kappa shape index (κ3) is 4.34. The van der Waals surface area contributed by atoms with Gasteiger partial charge in [-0.15, -0.1) is 0 Å². The van der Waals surface area contributed by atoms with Gasteiger partial charge in [-0.1, -0.05) is 12.1 Å². The Kier molecular flexibility index (Phi) is 6.11. The second kappa shape index (κ2) is 8.51. The van der Waals surface area contributed by atoms with E-state index in [1.54, 1.807) is 26.2 Å². The van der Waals surface area contributed by atoms with E-state index in [-0.39, 0.29) is 18.4 Å². The first-order valence-electron chi connectivity index (χ1n) is 9.22. The number of hydrogen-bond donors (Lipinski definition) is 1. The first-order valence-corrected chi connectivity index (χ1v) is 9.22. The number of carbonyl (C=O) groups is 2. The van der Waals surface area contributed by atoms with Crippen LogP contribution in [0.2, 0.25) is 0 Å². The van der Waals surface area contributed by atoms with Crippen molar-refractivity contribution in [2.45, 2.75) is 12.5 Å². The molecule has 0 bridgehead atoms. The van der Waals surface area contributed by atoms with Crippen molar-refractivity contribution in [3.63, 3.8) is 0 Å². The van der Waals surface area contributed by atoms with Crippen molar-refractivity contribution in [2.75, 3.05) is 60.0 Å². The molecule has 1 aromatic carbocycles. The minimum absolute atomic E-state index is 0.0180. The maximum atomic E-state index is 13.0. The molecule has 1 unspecified atom stereocenters. The number of rotatable bonds is 5. The molecule has 3 rings (SSSR count). The smallest absolute Gasteiger partial charge is 0.259 e. The van der Waals surface area contributed by atoms with Crippen LogP contribution in [0.15, 0.2) is 24.3 Å². The zero-order valence-electron chi connectivity index (χ0n) is 15.6. The molecule has 1 aromatic rings. The summed E-state index contributed by atoms with van der Waals surface area (Å²) in [5.74, 6) is 0.320. The monoisotopic (exact) mass is 360 g/mol. The Bertz CT molecular complexity index is 643. The summed E-state index contributed by atoms with van der Waals surface area (Å²) >= 11 is 0. The predicted molar refractivity (Wildman–Crippen MR) is 99.4 cm³/mol. The fourth-order valence-electron chi connectivity index (χ4n) is 3.48. The number of ether oxygens (including phenoxy) is 1. The molecule has 0 radical (unpaired) electrons. The molecule has 0 aliphatic carbocycles. The molecule has 2 amide bonds. The predicted octanol–water partition coefficient (Wildman–Crippen LogP) is 0.273. The van der Waals surface area contributed by atoms with Gasteiger partial charge in [0.05, 0.1) is 5.56 Å². The number of nitrogens with one attached hydrogen (secondary N) is 1. The lowest BCUT2D eigenvalue weighted by Crippen LogP contribution is -2.49. The van der Waals surface area contributed by atoms with Gasteiger partial charge in [0.1, 0.15) is 5.75 Å². The summed E-state index contributed by atoms with van der Waals surface area (Å²) in [6, 6.07) is 7.61. The number of nitrogens with zero attached hydrogens (tertiary/aromatic N) is 3. The Labute approximate surface area is 154 Å². The molecule has 2 saturated heterocycles. The van der Waals surface area contributed by atoms with E-state index < -0.39 is 0 Å². The molecule has 1 atom stereocenters. The lowest BCUT2D eigenvalue weighted by atomic mass is 10.1. The molecule has 7 nitrogen and oxygen atoms in total. The number of carbonyl (C=O) groups excluding carboxylic acids is 2. The van der Waals surface area contributed by atoms with Crippen molar-refractivity contribution in [3.8, 4) is 5.75 Å². The van der Waals surface area contributed by atoms with E-state index in [2.05, 4.69) is 10.2 Å². The number of hydrogen-bond acceptors (Lipinski definition) is 5. The normalized spacial score (nSPS) is 20.8. The maximum Gasteiger partial charge on any atom is 0.259 e. The first kappa shape index (κ1) is 18.7. The molecule has 0 aromatic heterocycles. The van der Waals surface area contributed by atoms with Crippen molar-refractivity contribution in [2.24, 2.45) is 0 Å². The third-order valence-electron chi connectivity index (χ3n) is 5.09. The number of likely N-dealkylation sites (N-methyl/N-ethyl adjacent to an activating group) is 1. The summed E-state index contributed by atoms with van der Waals surface area (Å²) in [4.78, 5) is 30.6. The van der Waals surface area contributed by atoms with Crippen LogP contribution in [0.25, 0.3) is 0 Å². The summed E-state index contributed by atoms with van der Waals surface area (Å²) in [5, 5.41) is 3.37. The van der Waals surface area contributed by atoms with Crippen LogP contribution in [0.4, 0.5) is 0 Å². The minimum atomic E-state index is -0.132. The van der Waals surface area contributed by atoms with Gasteiger partial charge in [-0.2, -0.15) is 0 Å². The molecule has 1 N–H and O–H groups in total. The van der Waals surface area contributed by atoms with Crippen LogP contribution < -0.4 is 10.1 Å². The van der Waals surface area contributed by atoms with Crippen molar-refractivity contribution in [1.82, 2.24) is 20.0 Å². The van der Waals surface area contributed by atoms with Gasteiger partial charge in [-0.25, -0.2) is 0 Å². The highest BCUT2D eigenvalue weighted by molar-refractivity contribution is 5.97. The molecule has 2 aliphatic heterocycles. The second-order valence-corrected chi connectivity index (χ2v) is 7.05. The Hall–Kier alpha value is -2.12. The Balaban J connectivity index is 1.63. The van der Waals surface area contributed by atoms with Crippen molar-refractivity contribution >= 4 is 11.8 Å². The van der Waals surface area contributed by atoms with Crippen LogP contribution in [0, 0.1) is 0 Å². The van der Waals surface area contributed by atoms with Crippen molar-refractivity contribution in [1.29, 1.82) is 0 Å². The lowest BCUT2D eigenvalue weighted by Gasteiger charge is -2.32. The molecule has 7 heteroatoms. The minimum Gasteiger partial charge on any atom is -0.483 e. The van der Waals surface area contributed by atoms with Gasteiger partial charge in [-0.05, 0) is 18.6 Å². The average Bonchev–Trinajstić information content (AvgIpc) is 3.16. The summed E-state index contributed by atoms with van der Waals surface area (Å²) in [7, 11) is 3.37. The second-order valence-electron chi connectivity index (χ2n) is 7.05. The van der Waals surface area contributed by atoms with Crippen LogP contribution >= 0.6 is 0 Å². The molecular formula is C19H28N4O3. The zero-order chi connectivity index (χ0) is 18.5. The highest BCUT2D eigenvalue weighted by atomic mass is 16.5. The molecule has 2 heterocycles. The molecule has 26 heavy (non-hydrogen) atoms. The fourth-order valence-corrected chi connectivity index (χ4v) is 3.48. The van der Waals surface area contributed by atoms with Crippen LogP contribution in [-0.4, -0.2) is 92.5 Å². The summed E-state index contributed by atoms with van der Waals surface area (Å²) in [6.07, 6.45) is 1.01. The highest BCUT2D eigenvalue weighted by Crippen LogP contribution is 2.24. The maximum absolute atomic E-state index is 13.0. The highest BCUT2D eigenvalue weighted by Gasteiger charge is 2.32. The van der Waals surface area contributed by atoms with E-state index in [1.165, 1.54) is 4.90 Å². The van der Waals surface area contributed by atoms with E-state index in [0.717, 1.165) is 45.7 Å². The molecule has 0 saturated carbocycles.